The summed E-state index contributed by atoms with van der Waals surface area (Å²) in [5.41, 5.74) is 2.34. The zero-order chi connectivity index (χ0) is 18.7. The smallest absolute Gasteiger partial charge is 0.230 e. The van der Waals surface area contributed by atoms with Crippen molar-refractivity contribution >= 4 is 17.7 Å². The Kier molecular flexibility index (Phi) is 5.86. The minimum atomic E-state index is -0.224. The molecule has 0 bridgehead atoms. The zero-order valence-corrected chi connectivity index (χ0v) is 16.6. The summed E-state index contributed by atoms with van der Waals surface area (Å²) in [6.45, 7) is 8.86. The van der Waals surface area contributed by atoms with Gasteiger partial charge in [0.2, 0.25) is 5.91 Å². The van der Waals surface area contributed by atoms with Crippen LogP contribution in [0, 0.1) is 13.8 Å². The van der Waals surface area contributed by atoms with E-state index in [0.717, 1.165) is 36.1 Å². The Balaban J connectivity index is 1.66. The third-order valence-electron chi connectivity index (χ3n) is 4.21. The monoisotopic (exact) mass is 374 g/mol. The molecule has 140 valence electrons. The normalized spacial score (nSPS) is 14.9. The third-order valence-corrected chi connectivity index (χ3v) is 5.17. The number of hydrogen-bond acceptors (Lipinski definition) is 5. The van der Waals surface area contributed by atoms with Gasteiger partial charge in [0.25, 0.3) is 0 Å². The van der Waals surface area contributed by atoms with E-state index in [1.54, 1.807) is 0 Å². The predicted molar refractivity (Wildman–Crippen MR) is 103 cm³/mol. The maximum absolute atomic E-state index is 11.9. The molecule has 1 N–H and O–H groups in total. The van der Waals surface area contributed by atoms with Crippen LogP contribution in [0.2, 0.25) is 0 Å². The average molecular weight is 375 g/mol. The number of ether oxygens (including phenoxy) is 1. The van der Waals surface area contributed by atoms with Gasteiger partial charge in [-0.1, -0.05) is 17.8 Å². The predicted octanol–water partition coefficient (Wildman–Crippen LogP) is 3.43. The molecule has 1 aromatic carbocycles. The lowest BCUT2D eigenvalue weighted by molar-refractivity contribution is -0.118. The molecule has 1 aliphatic rings. The van der Waals surface area contributed by atoms with Gasteiger partial charge < -0.3 is 14.6 Å². The van der Waals surface area contributed by atoms with E-state index in [-0.39, 0.29) is 12.0 Å². The molecule has 0 radical (unpaired) electrons. The van der Waals surface area contributed by atoms with Crippen LogP contribution in [0.15, 0.2) is 23.4 Å². The van der Waals surface area contributed by atoms with Gasteiger partial charge in [0.15, 0.2) is 17.1 Å². The molecule has 0 spiro atoms. The van der Waals surface area contributed by atoms with Crippen LogP contribution in [-0.2, 0) is 11.3 Å². The van der Waals surface area contributed by atoms with E-state index in [4.69, 9.17) is 4.74 Å². The van der Waals surface area contributed by atoms with Gasteiger partial charge in [-0.15, -0.1) is 10.2 Å². The van der Waals surface area contributed by atoms with Gasteiger partial charge in [-0.2, -0.15) is 0 Å². The van der Waals surface area contributed by atoms with E-state index in [9.17, 15) is 4.79 Å². The van der Waals surface area contributed by atoms with Crippen molar-refractivity contribution in [2.75, 3.05) is 5.75 Å². The lowest BCUT2D eigenvalue weighted by Crippen LogP contribution is -2.27. The Morgan fingerprint density at radius 2 is 2.00 bits per heavy atom. The van der Waals surface area contributed by atoms with Gasteiger partial charge in [-0.3, -0.25) is 4.79 Å². The Bertz CT molecular complexity index is 766. The first-order chi connectivity index (χ1) is 12.5. The molecule has 1 saturated carbocycles. The number of nitrogens with zero attached hydrogens (tertiary/aromatic N) is 3. The number of amides is 1. The van der Waals surface area contributed by atoms with E-state index in [0.29, 0.717) is 11.8 Å². The van der Waals surface area contributed by atoms with E-state index >= 15 is 0 Å². The van der Waals surface area contributed by atoms with E-state index in [2.05, 4.69) is 35.4 Å². The molecule has 1 heterocycles. The first-order valence-corrected chi connectivity index (χ1v) is 10.0. The van der Waals surface area contributed by atoms with Crippen LogP contribution in [0.25, 0.3) is 0 Å². The van der Waals surface area contributed by atoms with E-state index in [1.807, 2.05) is 30.5 Å². The minimum Gasteiger partial charge on any atom is -0.483 e. The number of thioether (sulfide) groups is 1. The molecule has 1 amide bonds. The minimum absolute atomic E-state index is 0.0595. The molecule has 26 heavy (non-hydrogen) atoms. The van der Waals surface area contributed by atoms with Gasteiger partial charge >= 0.3 is 0 Å². The molecule has 0 aliphatic heterocycles. The fourth-order valence-corrected chi connectivity index (χ4v) is 3.71. The second kappa shape index (κ2) is 8.12. The standard InChI is InChI=1S/C19H26N4O2S/c1-5-23-18(14(4)25-16-9-12(2)8-13(3)10-16)21-22-19(23)26-11-17(24)20-15-6-7-15/h8-10,14-15H,5-7,11H2,1-4H3,(H,20,24). The SMILES string of the molecule is CCn1c(SCC(=O)NC2CC2)nnc1C(C)Oc1cc(C)cc(C)c1. The van der Waals surface area contributed by atoms with Crippen LogP contribution < -0.4 is 10.1 Å². The summed E-state index contributed by atoms with van der Waals surface area (Å²) >= 11 is 1.42. The number of carbonyl (C=O) groups is 1. The highest BCUT2D eigenvalue weighted by Crippen LogP contribution is 2.26. The molecule has 1 aromatic heterocycles. The van der Waals surface area contributed by atoms with Gasteiger partial charge in [0.1, 0.15) is 5.75 Å². The first kappa shape index (κ1) is 18.8. The second-order valence-corrected chi connectivity index (χ2v) is 7.74. The Morgan fingerprint density at radius 1 is 1.31 bits per heavy atom. The van der Waals surface area contributed by atoms with Crippen molar-refractivity contribution < 1.29 is 9.53 Å². The number of benzene rings is 1. The Labute approximate surface area is 158 Å². The molecule has 1 unspecified atom stereocenters. The molecule has 1 atom stereocenters. The van der Waals surface area contributed by atoms with Crippen LogP contribution >= 0.6 is 11.8 Å². The summed E-state index contributed by atoms with van der Waals surface area (Å²) in [7, 11) is 0. The molecule has 0 saturated heterocycles. The van der Waals surface area contributed by atoms with E-state index in [1.165, 1.54) is 22.9 Å². The van der Waals surface area contributed by atoms with Gasteiger partial charge in [0.05, 0.1) is 5.75 Å². The quantitative estimate of drug-likeness (QED) is 0.717. The second-order valence-electron chi connectivity index (χ2n) is 6.80. The fraction of sp³-hybridized carbons (Fsp3) is 0.526. The van der Waals surface area contributed by atoms with Crippen molar-refractivity contribution in [2.24, 2.45) is 0 Å². The summed E-state index contributed by atoms with van der Waals surface area (Å²) in [5, 5.41) is 12.3. The molecule has 3 rings (SSSR count). The summed E-state index contributed by atoms with van der Waals surface area (Å²) in [6, 6.07) is 6.55. The number of carbonyl (C=O) groups excluding carboxylic acids is 1. The van der Waals surface area contributed by atoms with E-state index < -0.39 is 0 Å². The largest absolute Gasteiger partial charge is 0.483 e. The van der Waals surface area contributed by atoms with Crippen molar-refractivity contribution in [2.45, 2.75) is 64.4 Å². The van der Waals surface area contributed by atoms with Gasteiger partial charge in [-0.05, 0) is 63.8 Å². The summed E-state index contributed by atoms with van der Waals surface area (Å²) in [6.07, 6.45) is 1.97. The first-order valence-electron chi connectivity index (χ1n) is 9.06. The van der Waals surface area contributed by atoms with Crippen LogP contribution in [0.3, 0.4) is 0 Å². The zero-order valence-electron chi connectivity index (χ0n) is 15.8. The number of aryl methyl sites for hydroxylation is 2. The average Bonchev–Trinajstić information content (AvgIpc) is 3.27. The topological polar surface area (TPSA) is 69.0 Å². The highest BCUT2D eigenvalue weighted by atomic mass is 32.2. The molecule has 1 fully saturated rings. The molecule has 6 nitrogen and oxygen atoms in total. The number of aromatic nitrogens is 3. The van der Waals surface area contributed by atoms with Crippen molar-refractivity contribution in [1.82, 2.24) is 20.1 Å². The molecule has 2 aromatic rings. The van der Waals surface area contributed by atoms with Gasteiger partial charge in [-0.25, -0.2) is 0 Å². The molecular weight excluding hydrogens is 348 g/mol. The number of rotatable bonds is 8. The molecule has 1 aliphatic carbocycles. The maximum Gasteiger partial charge on any atom is 0.230 e. The maximum atomic E-state index is 11.9. The Hall–Kier alpha value is -2.02. The van der Waals surface area contributed by atoms with Crippen LogP contribution in [0.4, 0.5) is 0 Å². The van der Waals surface area contributed by atoms with Crippen molar-refractivity contribution in [3.05, 3.63) is 35.2 Å². The van der Waals surface area contributed by atoms with Crippen LogP contribution in [0.5, 0.6) is 5.75 Å². The number of nitrogens with one attached hydrogen (secondary N) is 1. The lowest BCUT2D eigenvalue weighted by atomic mass is 10.1. The summed E-state index contributed by atoms with van der Waals surface area (Å²) < 4.78 is 8.11. The van der Waals surface area contributed by atoms with Crippen LogP contribution in [0.1, 0.15) is 49.7 Å². The lowest BCUT2D eigenvalue weighted by Gasteiger charge is -2.16. The van der Waals surface area contributed by atoms with Crippen molar-refractivity contribution in [3.8, 4) is 5.75 Å². The Morgan fingerprint density at radius 3 is 2.62 bits per heavy atom. The molecule has 7 heteroatoms. The summed E-state index contributed by atoms with van der Waals surface area (Å²) in [5.74, 6) is 2.03. The highest BCUT2D eigenvalue weighted by molar-refractivity contribution is 7.99. The fourth-order valence-electron chi connectivity index (χ4n) is 2.89. The highest BCUT2D eigenvalue weighted by Gasteiger charge is 2.24. The third kappa shape index (κ3) is 4.78. The number of hydrogen-bond donors (Lipinski definition) is 1. The van der Waals surface area contributed by atoms with Crippen molar-refractivity contribution in [1.29, 1.82) is 0 Å². The molecular formula is C19H26N4O2S. The van der Waals surface area contributed by atoms with Crippen LogP contribution in [-0.4, -0.2) is 32.5 Å². The van der Waals surface area contributed by atoms with Crippen molar-refractivity contribution in [3.63, 3.8) is 0 Å². The summed E-state index contributed by atoms with van der Waals surface area (Å²) in [4.78, 5) is 11.9. The van der Waals surface area contributed by atoms with Gasteiger partial charge in [0, 0.05) is 12.6 Å².